The number of likely N-dealkylation sites (tertiary alicyclic amines) is 1. The lowest BCUT2D eigenvalue weighted by Gasteiger charge is -2.29. The highest BCUT2D eigenvalue weighted by Gasteiger charge is 2.24. The number of carbonyl (C=O) groups excluding carboxylic acids is 1. The van der Waals surface area contributed by atoms with E-state index >= 15 is 0 Å². The Bertz CT molecular complexity index is 363. The van der Waals surface area contributed by atoms with E-state index in [4.69, 9.17) is 11.6 Å². The van der Waals surface area contributed by atoms with Crippen LogP contribution in [0.1, 0.15) is 23.3 Å². The van der Waals surface area contributed by atoms with E-state index in [1.54, 1.807) is 28.9 Å². The number of alkyl halides is 1. The molecule has 0 saturated carbocycles. The van der Waals surface area contributed by atoms with Crippen molar-refractivity contribution in [1.29, 1.82) is 0 Å². The van der Waals surface area contributed by atoms with Gasteiger partial charge in [0.1, 0.15) is 5.69 Å². The van der Waals surface area contributed by atoms with Gasteiger partial charge in [0.05, 0.1) is 5.38 Å². The van der Waals surface area contributed by atoms with Gasteiger partial charge < -0.3 is 4.90 Å². The summed E-state index contributed by atoms with van der Waals surface area (Å²) in [4.78, 5) is 13.7. The number of hydrogen-bond acceptors (Lipinski definition) is 2. The Labute approximate surface area is 93.8 Å². The molecule has 0 spiro atoms. The van der Waals surface area contributed by atoms with E-state index in [0.717, 1.165) is 19.4 Å². The topological polar surface area (TPSA) is 38.1 Å². The molecule has 4 nitrogen and oxygen atoms in total. The van der Waals surface area contributed by atoms with Gasteiger partial charge in [-0.2, -0.15) is 5.10 Å². The smallest absolute Gasteiger partial charge is 0.274 e. The first-order valence-electron chi connectivity index (χ1n) is 5.10. The van der Waals surface area contributed by atoms with Gasteiger partial charge in [0, 0.05) is 26.3 Å². The molecule has 1 aromatic rings. The van der Waals surface area contributed by atoms with E-state index in [0.29, 0.717) is 12.2 Å². The number of carbonyl (C=O) groups is 1. The summed E-state index contributed by atoms with van der Waals surface area (Å²) in [7, 11) is 1.80. The van der Waals surface area contributed by atoms with Crippen molar-refractivity contribution in [3.8, 4) is 0 Å². The molecule has 1 saturated heterocycles. The van der Waals surface area contributed by atoms with Crippen molar-refractivity contribution in [2.75, 3.05) is 13.1 Å². The Balaban J connectivity index is 2.07. The minimum Gasteiger partial charge on any atom is -0.336 e. The molecule has 15 heavy (non-hydrogen) atoms. The van der Waals surface area contributed by atoms with Crippen LogP contribution in [0.25, 0.3) is 0 Å². The number of halogens is 1. The molecule has 2 heterocycles. The van der Waals surface area contributed by atoms with E-state index in [2.05, 4.69) is 5.10 Å². The molecule has 5 heteroatoms. The lowest BCUT2D eigenvalue weighted by molar-refractivity contribution is 0.0720. The van der Waals surface area contributed by atoms with Crippen molar-refractivity contribution >= 4 is 17.5 Å². The summed E-state index contributed by atoms with van der Waals surface area (Å²) in [6.07, 6.45) is 3.75. The third-order valence-corrected chi connectivity index (χ3v) is 2.94. The lowest BCUT2D eigenvalue weighted by Crippen LogP contribution is -2.40. The van der Waals surface area contributed by atoms with Gasteiger partial charge in [0.25, 0.3) is 5.91 Å². The third kappa shape index (κ3) is 2.31. The van der Waals surface area contributed by atoms with Crippen LogP contribution in [0.15, 0.2) is 12.3 Å². The SMILES string of the molecule is Cn1ccc(C(=O)N2CCCC(Cl)C2)n1. The Morgan fingerprint density at radius 3 is 3.07 bits per heavy atom. The van der Waals surface area contributed by atoms with Crippen LogP contribution in [0.2, 0.25) is 0 Å². The molecule has 0 radical (unpaired) electrons. The van der Waals surface area contributed by atoms with Crippen LogP contribution >= 0.6 is 11.6 Å². The quantitative estimate of drug-likeness (QED) is 0.678. The van der Waals surface area contributed by atoms with Crippen LogP contribution in [-0.2, 0) is 7.05 Å². The van der Waals surface area contributed by atoms with Crippen molar-refractivity contribution in [2.24, 2.45) is 7.05 Å². The molecule has 1 atom stereocenters. The predicted molar refractivity (Wildman–Crippen MR) is 58.0 cm³/mol. The molecular formula is C10H14ClN3O. The molecule has 0 N–H and O–H groups in total. The summed E-state index contributed by atoms with van der Waals surface area (Å²) in [5.41, 5.74) is 0.503. The molecule has 1 aliphatic heterocycles. The average molecular weight is 228 g/mol. The summed E-state index contributed by atoms with van der Waals surface area (Å²) in [5.74, 6) is -0.0130. The minimum atomic E-state index is -0.0130. The summed E-state index contributed by atoms with van der Waals surface area (Å²) >= 11 is 6.03. The largest absolute Gasteiger partial charge is 0.336 e. The number of rotatable bonds is 1. The van der Waals surface area contributed by atoms with Gasteiger partial charge in [0.2, 0.25) is 0 Å². The minimum absolute atomic E-state index is 0.0130. The molecule has 82 valence electrons. The molecule has 1 aliphatic rings. The first kappa shape index (κ1) is 10.5. The number of aromatic nitrogens is 2. The fraction of sp³-hybridized carbons (Fsp3) is 0.600. The highest BCUT2D eigenvalue weighted by Crippen LogP contribution is 2.16. The summed E-state index contributed by atoms with van der Waals surface area (Å²) in [6.45, 7) is 1.43. The predicted octanol–water partition coefficient (Wildman–Crippen LogP) is 1.26. The van der Waals surface area contributed by atoms with Crippen LogP contribution in [0.4, 0.5) is 0 Å². The van der Waals surface area contributed by atoms with Gasteiger partial charge in [-0.15, -0.1) is 11.6 Å². The van der Waals surface area contributed by atoms with Gasteiger partial charge in [-0.05, 0) is 18.9 Å². The summed E-state index contributed by atoms with van der Waals surface area (Å²) in [5, 5.41) is 4.18. The highest BCUT2D eigenvalue weighted by molar-refractivity contribution is 6.21. The second kappa shape index (κ2) is 4.23. The monoisotopic (exact) mass is 227 g/mol. The number of amides is 1. The fourth-order valence-electron chi connectivity index (χ4n) is 1.80. The first-order valence-corrected chi connectivity index (χ1v) is 5.53. The van der Waals surface area contributed by atoms with Crippen LogP contribution in [-0.4, -0.2) is 39.1 Å². The first-order chi connectivity index (χ1) is 7.16. The van der Waals surface area contributed by atoms with Crippen molar-refractivity contribution in [3.63, 3.8) is 0 Å². The van der Waals surface area contributed by atoms with E-state index in [-0.39, 0.29) is 11.3 Å². The third-order valence-electron chi connectivity index (χ3n) is 2.58. The zero-order valence-electron chi connectivity index (χ0n) is 8.69. The van der Waals surface area contributed by atoms with Crippen LogP contribution in [0.5, 0.6) is 0 Å². The fourth-order valence-corrected chi connectivity index (χ4v) is 2.12. The number of nitrogens with zero attached hydrogens (tertiary/aromatic N) is 3. The summed E-state index contributed by atoms with van der Waals surface area (Å²) < 4.78 is 1.63. The van der Waals surface area contributed by atoms with Crippen LogP contribution < -0.4 is 0 Å². The van der Waals surface area contributed by atoms with E-state index in [1.165, 1.54) is 0 Å². The molecular weight excluding hydrogens is 214 g/mol. The lowest BCUT2D eigenvalue weighted by atomic mass is 10.1. The standard InChI is InChI=1S/C10H14ClN3O/c1-13-6-4-9(12-13)10(15)14-5-2-3-8(11)7-14/h4,6,8H,2-3,5,7H2,1H3. The van der Waals surface area contributed by atoms with Crippen molar-refractivity contribution in [3.05, 3.63) is 18.0 Å². The van der Waals surface area contributed by atoms with Gasteiger partial charge in [0.15, 0.2) is 0 Å². The second-order valence-corrected chi connectivity index (χ2v) is 4.48. The molecule has 1 aromatic heterocycles. The Morgan fingerprint density at radius 1 is 1.67 bits per heavy atom. The molecule has 0 aromatic carbocycles. The normalized spacial score (nSPS) is 21.7. The van der Waals surface area contributed by atoms with E-state index in [9.17, 15) is 4.79 Å². The van der Waals surface area contributed by atoms with Crippen LogP contribution in [0.3, 0.4) is 0 Å². The van der Waals surface area contributed by atoms with Crippen LogP contribution in [0, 0.1) is 0 Å². The molecule has 1 unspecified atom stereocenters. The van der Waals surface area contributed by atoms with Gasteiger partial charge in [-0.1, -0.05) is 0 Å². The number of piperidine rings is 1. The summed E-state index contributed by atoms with van der Waals surface area (Å²) in [6, 6.07) is 1.74. The molecule has 1 amide bonds. The molecule has 0 aliphatic carbocycles. The zero-order valence-corrected chi connectivity index (χ0v) is 9.44. The zero-order chi connectivity index (χ0) is 10.8. The van der Waals surface area contributed by atoms with Crippen molar-refractivity contribution in [2.45, 2.75) is 18.2 Å². The van der Waals surface area contributed by atoms with Gasteiger partial charge in [-0.25, -0.2) is 0 Å². The van der Waals surface area contributed by atoms with E-state index in [1.807, 2.05) is 0 Å². The van der Waals surface area contributed by atoms with Crippen molar-refractivity contribution in [1.82, 2.24) is 14.7 Å². The Morgan fingerprint density at radius 2 is 2.47 bits per heavy atom. The van der Waals surface area contributed by atoms with Crippen molar-refractivity contribution < 1.29 is 4.79 Å². The van der Waals surface area contributed by atoms with E-state index < -0.39 is 0 Å². The molecule has 1 fully saturated rings. The average Bonchev–Trinajstić information content (AvgIpc) is 2.64. The Hall–Kier alpha value is -1.03. The Kier molecular flexibility index (Phi) is 2.95. The number of hydrogen-bond donors (Lipinski definition) is 0. The maximum Gasteiger partial charge on any atom is 0.274 e. The molecule has 0 bridgehead atoms. The van der Waals surface area contributed by atoms with Gasteiger partial charge in [-0.3, -0.25) is 9.48 Å². The van der Waals surface area contributed by atoms with Gasteiger partial charge >= 0.3 is 0 Å². The number of aryl methyl sites for hydroxylation is 1. The molecule has 2 rings (SSSR count). The maximum atomic E-state index is 12.0. The second-order valence-electron chi connectivity index (χ2n) is 3.87. The maximum absolute atomic E-state index is 12.0. The highest BCUT2D eigenvalue weighted by atomic mass is 35.5.